The van der Waals surface area contributed by atoms with Gasteiger partial charge in [0, 0.05) is 25.5 Å². The van der Waals surface area contributed by atoms with Gasteiger partial charge >= 0.3 is 0 Å². The van der Waals surface area contributed by atoms with Crippen LogP contribution in [-0.2, 0) is 6.54 Å². The van der Waals surface area contributed by atoms with Gasteiger partial charge in [0.25, 0.3) is 0 Å². The van der Waals surface area contributed by atoms with Crippen molar-refractivity contribution in [3.63, 3.8) is 0 Å². The van der Waals surface area contributed by atoms with E-state index in [1.807, 2.05) is 24.5 Å². The van der Waals surface area contributed by atoms with E-state index < -0.39 is 0 Å². The van der Waals surface area contributed by atoms with Crippen molar-refractivity contribution < 1.29 is 5.11 Å². The Morgan fingerprint density at radius 2 is 1.88 bits per heavy atom. The quantitative estimate of drug-likeness (QED) is 0.852. The highest BCUT2D eigenvalue weighted by Gasteiger charge is 2.23. The van der Waals surface area contributed by atoms with Crippen LogP contribution >= 0.6 is 0 Å². The zero-order valence-electron chi connectivity index (χ0n) is 11.3. The van der Waals surface area contributed by atoms with Crippen molar-refractivity contribution in [1.29, 1.82) is 0 Å². The number of hydrogen-bond acceptors (Lipinski definition) is 3. The molecule has 0 saturated carbocycles. The third-order valence-electron chi connectivity index (χ3n) is 3.03. The van der Waals surface area contributed by atoms with E-state index in [0.717, 1.165) is 13.1 Å². The third-order valence-corrected chi connectivity index (χ3v) is 3.03. The molecular formula is C14H24N2O. The maximum atomic E-state index is 10.1. The summed E-state index contributed by atoms with van der Waals surface area (Å²) >= 11 is 0. The minimum absolute atomic E-state index is 0.0638. The molecular weight excluding hydrogens is 212 g/mol. The van der Waals surface area contributed by atoms with E-state index >= 15 is 0 Å². The Kier molecular flexibility index (Phi) is 5.09. The van der Waals surface area contributed by atoms with E-state index in [9.17, 15) is 5.11 Å². The Morgan fingerprint density at radius 3 is 2.35 bits per heavy atom. The van der Waals surface area contributed by atoms with Crippen molar-refractivity contribution >= 4 is 0 Å². The number of pyridine rings is 1. The molecule has 1 heterocycles. The second-order valence-electron chi connectivity index (χ2n) is 5.57. The fraction of sp³-hybridized carbons (Fsp3) is 0.643. The summed E-state index contributed by atoms with van der Waals surface area (Å²) in [7, 11) is 0. The van der Waals surface area contributed by atoms with Gasteiger partial charge in [0.05, 0.1) is 6.10 Å². The molecule has 0 fully saturated rings. The second kappa shape index (κ2) is 6.12. The van der Waals surface area contributed by atoms with Gasteiger partial charge in [-0.15, -0.1) is 0 Å². The highest BCUT2D eigenvalue weighted by atomic mass is 16.3. The average Bonchev–Trinajstić information content (AvgIpc) is 2.28. The second-order valence-corrected chi connectivity index (χ2v) is 5.57. The normalized spacial score (nSPS) is 14.0. The summed E-state index contributed by atoms with van der Waals surface area (Å²) in [5, 5.41) is 10.1. The van der Waals surface area contributed by atoms with Crippen molar-refractivity contribution in [3.8, 4) is 0 Å². The molecule has 1 N–H and O–H groups in total. The zero-order valence-corrected chi connectivity index (χ0v) is 11.3. The molecule has 1 aromatic rings. The molecule has 0 radical (unpaired) electrons. The van der Waals surface area contributed by atoms with E-state index in [1.54, 1.807) is 0 Å². The van der Waals surface area contributed by atoms with E-state index in [0.29, 0.717) is 6.54 Å². The number of aliphatic hydroxyl groups excluding tert-OH is 1. The Bertz CT molecular complexity index is 319. The van der Waals surface area contributed by atoms with Crippen LogP contribution < -0.4 is 0 Å². The molecule has 3 heteroatoms. The van der Waals surface area contributed by atoms with Gasteiger partial charge in [0.2, 0.25) is 0 Å². The van der Waals surface area contributed by atoms with E-state index in [4.69, 9.17) is 0 Å². The molecule has 96 valence electrons. The molecule has 1 aromatic heterocycles. The maximum Gasteiger partial charge on any atom is 0.0715 e. The van der Waals surface area contributed by atoms with Crippen LogP contribution in [-0.4, -0.2) is 34.2 Å². The van der Waals surface area contributed by atoms with Gasteiger partial charge in [0.1, 0.15) is 0 Å². The van der Waals surface area contributed by atoms with Crippen LogP contribution in [0.15, 0.2) is 24.5 Å². The summed E-state index contributed by atoms with van der Waals surface area (Å²) in [6, 6.07) is 4.04. The monoisotopic (exact) mass is 236 g/mol. The van der Waals surface area contributed by atoms with Crippen LogP contribution in [0.25, 0.3) is 0 Å². The van der Waals surface area contributed by atoms with Crippen LogP contribution in [0.5, 0.6) is 0 Å². The first-order valence-corrected chi connectivity index (χ1v) is 6.22. The summed E-state index contributed by atoms with van der Waals surface area (Å²) in [4.78, 5) is 6.27. The van der Waals surface area contributed by atoms with Gasteiger partial charge in [-0.3, -0.25) is 9.88 Å². The highest BCUT2D eigenvalue weighted by Crippen LogP contribution is 2.20. The van der Waals surface area contributed by atoms with Crippen LogP contribution in [0.4, 0.5) is 0 Å². The van der Waals surface area contributed by atoms with Gasteiger partial charge in [-0.25, -0.2) is 0 Å². The van der Waals surface area contributed by atoms with Crippen molar-refractivity contribution in [3.05, 3.63) is 30.1 Å². The van der Waals surface area contributed by atoms with Gasteiger partial charge in [-0.1, -0.05) is 27.7 Å². The molecule has 0 spiro atoms. The summed E-state index contributed by atoms with van der Waals surface area (Å²) in [5.74, 6) is 0. The van der Waals surface area contributed by atoms with Crippen molar-refractivity contribution in [2.75, 3.05) is 13.1 Å². The van der Waals surface area contributed by atoms with Crippen LogP contribution in [0, 0.1) is 5.41 Å². The summed E-state index contributed by atoms with van der Waals surface area (Å²) in [6.45, 7) is 10.8. The average molecular weight is 236 g/mol. The zero-order chi connectivity index (χ0) is 12.9. The predicted molar refractivity (Wildman–Crippen MR) is 70.6 cm³/mol. The minimum Gasteiger partial charge on any atom is -0.391 e. The Morgan fingerprint density at radius 1 is 1.29 bits per heavy atom. The van der Waals surface area contributed by atoms with Crippen LogP contribution in [0.3, 0.4) is 0 Å². The molecule has 0 amide bonds. The standard InChI is InChI=1S/C14H24N2O/c1-5-16(11-13(17)14(2,3)4)10-12-6-8-15-9-7-12/h6-9,13,17H,5,10-11H2,1-4H3. The first kappa shape index (κ1) is 14.1. The number of rotatable bonds is 5. The van der Waals surface area contributed by atoms with Gasteiger partial charge in [-0.2, -0.15) is 0 Å². The Balaban J connectivity index is 2.55. The molecule has 0 bridgehead atoms. The molecule has 0 saturated heterocycles. The lowest BCUT2D eigenvalue weighted by Gasteiger charge is -2.31. The first-order chi connectivity index (χ1) is 7.93. The number of likely N-dealkylation sites (N-methyl/N-ethyl adjacent to an activating group) is 1. The molecule has 0 aliphatic carbocycles. The highest BCUT2D eigenvalue weighted by molar-refractivity contribution is 5.09. The SMILES string of the molecule is CCN(Cc1ccncc1)CC(O)C(C)(C)C. The molecule has 0 aliphatic rings. The van der Waals surface area contributed by atoms with Gasteiger partial charge in [0.15, 0.2) is 0 Å². The fourth-order valence-corrected chi connectivity index (χ4v) is 1.57. The van der Waals surface area contributed by atoms with E-state index in [-0.39, 0.29) is 11.5 Å². The van der Waals surface area contributed by atoms with Crippen molar-refractivity contribution in [2.45, 2.75) is 40.3 Å². The van der Waals surface area contributed by atoms with E-state index in [2.05, 4.69) is 37.6 Å². The van der Waals surface area contributed by atoms with Crippen LogP contribution in [0.2, 0.25) is 0 Å². The summed E-state index contributed by atoms with van der Waals surface area (Å²) in [6.07, 6.45) is 3.32. The minimum atomic E-state index is -0.302. The molecule has 0 aromatic carbocycles. The van der Waals surface area contributed by atoms with Crippen molar-refractivity contribution in [1.82, 2.24) is 9.88 Å². The topological polar surface area (TPSA) is 36.4 Å². The van der Waals surface area contributed by atoms with E-state index in [1.165, 1.54) is 5.56 Å². The Labute approximate surface area is 104 Å². The smallest absolute Gasteiger partial charge is 0.0715 e. The number of nitrogens with zero attached hydrogens (tertiary/aromatic N) is 2. The van der Waals surface area contributed by atoms with Crippen LogP contribution in [0.1, 0.15) is 33.3 Å². The molecule has 1 atom stereocenters. The maximum absolute atomic E-state index is 10.1. The summed E-state index contributed by atoms with van der Waals surface area (Å²) < 4.78 is 0. The largest absolute Gasteiger partial charge is 0.391 e. The molecule has 3 nitrogen and oxygen atoms in total. The fourth-order valence-electron chi connectivity index (χ4n) is 1.57. The third kappa shape index (κ3) is 4.84. The number of aromatic nitrogens is 1. The van der Waals surface area contributed by atoms with Gasteiger partial charge < -0.3 is 5.11 Å². The number of hydrogen-bond donors (Lipinski definition) is 1. The van der Waals surface area contributed by atoms with Crippen molar-refractivity contribution in [2.24, 2.45) is 5.41 Å². The Hall–Kier alpha value is -0.930. The molecule has 1 rings (SSSR count). The molecule has 1 unspecified atom stereocenters. The first-order valence-electron chi connectivity index (χ1n) is 6.22. The molecule has 0 aliphatic heterocycles. The van der Waals surface area contributed by atoms with Gasteiger partial charge in [-0.05, 0) is 29.7 Å². The predicted octanol–water partition coefficient (Wildman–Crippen LogP) is 2.31. The summed E-state index contributed by atoms with van der Waals surface area (Å²) in [5.41, 5.74) is 1.18. The molecule has 17 heavy (non-hydrogen) atoms. The lowest BCUT2D eigenvalue weighted by atomic mass is 9.89. The lowest BCUT2D eigenvalue weighted by Crippen LogP contribution is -2.39. The number of aliphatic hydroxyl groups is 1. The lowest BCUT2D eigenvalue weighted by molar-refractivity contribution is 0.0276.